The monoisotopic (exact) mass is 464 g/mol. The summed E-state index contributed by atoms with van der Waals surface area (Å²) in [4.78, 5) is 12.1. The van der Waals surface area contributed by atoms with Gasteiger partial charge in [-0.2, -0.15) is 0 Å². The molecule has 0 atom stereocenters. The highest BCUT2D eigenvalue weighted by Crippen LogP contribution is 2.48. The molecule has 0 radical (unpaired) electrons. The standard InChI is InChI=1S/C26H21FO5S/c1-29-18-11-7-17(8-12-18)25-24(20-13-14-21(30-2)23(27)26(20)33-25)32-19-9-4-16(5-10-19)6-15-22(28)31-3/h4-15H,1-3H3. The van der Waals surface area contributed by atoms with Gasteiger partial charge in [0.1, 0.15) is 11.5 Å². The van der Waals surface area contributed by atoms with E-state index in [1.807, 2.05) is 36.4 Å². The number of hydrogen-bond donors (Lipinski definition) is 0. The van der Waals surface area contributed by atoms with Crippen LogP contribution in [0.4, 0.5) is 4.39 Å². The maximum atomic E-state index is 15.0. The Balaban J connectivity index is 1.75. The van der Waals surface area contributed by atoms with Gasteiger partial charge in [0.25, 0.3) is 0 Å². The molecule has 1 aromatic heterocycles. The molecule has 0 amide bonds. The molecule has 0 unspecified atom stereocenters. The first-order valence-corrected chi connectivity index (χ1v) is 10.8. The first-order chi connectivity index (χ1) is 16.0. The summed E-state index contributed by atoms with van der Waals surface area (Å²) in [5.41, 5.74) is 1.69. The van der Waals surface area contributed by atoms with Crippen molar-refractivity contribution in [3.8, 4) is 33.4 Å². The number of halogens is 1. The van der Waals surface area contributed by atoms with Crippen LogP contribution in [0.1, 0.15) is 5.56 Å². The normalized spacial score (nSPS) is 11.0. The summed E-state index contributed by atoms with van der Waals surface area (Å²) < 4.78 is 36.8. The smallest absolute Gasteiger partial charge is 0.330 e. The van der Waals surface area contributed by atoms with Crippen LogP contribution >= 0.6 is 11.3 Å². The van der Waals surface area contributed by atoms with Crippen LogP contribution in [0.2, 0.25) is 0 Å². The van der Waals surface area contributed by atoms with Crippen LogP contribution in [-0.2, 0) is 9.53 Å². The Kier molecular flexibility index (Phi) is 6.60. The second-order valence-corrected chi connectivity index (χ2v) is 8.00. The largest absolute Gasteiger partial charge is 0.497 e. The molecule has 0 spiro atoms. The summed E-state index contributed by atoms with van der Waals surface area (Å²) in [5, 5.41) is 0.652. The highest BCUT2D eigenvalue weighted by molar-refractivity contribution is 7.22. The number of fused-ring (bicyclic) bond motifs is 1. The van der Waals surface area contributed by atoms with Crippen molar-refractivity contribution in [2.45, 2.75) is 0 Å². The van der Waals surface area contributed by atoms with Crippen molar-refractivity contribution in [3.05, 3.63) is 78.1 Å². The lowest BCUT2D eigenvalue weighted by molar-refractivity contribution is -0.134. The van der Waals surface area contributed by atoms with Crippen molar-refractivity contribution in [3.63, 3.8) is 0 Å². The van der Waals surface area contributed by atoms with Gasteiger partial charge in [-0.25, -0.2) is 9.18 Å². The minimum atomic E-state index is -0.429. The van der Waals surface area contributed by atoms with Gasteiger partial charge in [-0.1, -0.05) is 12.1 Å². The lowest BCUT2D eigenvalue weighted by Crippen LogP contribution is -1.93. The average molecular weight is 465 g/mol. The van der Waals surface area contributed by atoms with E-state index in [2.05, 4.69) is 4.74 Å². The van der Waals surface area contributed by atoms with Gasteiger partial charge in [0.15, 0.2) is 17.3 Å². The van der Waals surface area contributed by atoms with E-state index in [9.17, 15) is 4.79 Å². The van der Waals surface area contributed by atoms with Gasteiger partial charge in [-0.05, 0) is 65.7 Å². The number of ether oxygens (including phenoxy) is 4. The number of esters is 1. The molecule has 5 nitrogen and oxygen atoms in total. The molecule has 4 rings (SSSR count). The van der Waals surface area contributed by atoms with Crippen molar-refractivity contribution in [2.24, 2.45) is 0 Å². The molecule has 1 heterocycles. The van der Waals surface area contributed by atoms with E-state index in [0.29, 0.717) is 21.6 Å². The molecule has 3 aromatic carbocycles. The third kappa shape index (κ3) is 4.68. The molecule has 33 heavy (non-hydrogen) atoms. The Morgan fingerprint density at radius 2 is 1.58 bits per heavy atom. The summed E-state index contributed by atoms with van der Waals surface area (Å²) in [6.45, 7) is 0. The zero-order valence-electron chi connectivity index (χ0n) is 18.3. The van der Waals surface area contributed by atoms with E-state index in [1.165, 1.54) is 31.6 Å². The van der Waals surface area contributed by atoms with Crippen molar-refractivity contribution in [2.75, 3.05) is 21.3 Å². The predicted molar refractivity (Wildman–Crippen MR) is 128 cm³/mol. The molecular weight excluding hydrogens is 443 g/mol. The highest BCUT2D eigenvalue weighted by Gasteiger charge is 2.21. The van der Waals surface area contributed by atoms with Crippen LogP contribution in [0.5, 0.6) is 23.0 Å². The fraction of sp³-hybridized carbons (Fsp3) is 0.115. The number of carbonyl (C=O) groups excluding carboxylic acids is 1. The Morgan fingerprint density at radius 1 is 0.879 bits per heavy atom. The molecule has 0 fully saturated rings. The van der Waals surface area contributed by atoms with Crippen LogP contribution < -0.4 is 14.2 Å². The van der Waals surface area contributed by atoms with Crippen molar-refractivity contribution < 1.29 is 28.1 Å². The Hall–Kier alpha value is -3.84. The summed E-state index contributed by atoms with van der Waals surface area (Å²) in [6, 6.07) is 18.1. The number of rotatable bonds is 7. The zero-order chi connectivity index (χ0) is 23.4. The SMILES string of the molecule is COC(=O)C=Cc1ccc(Oc2c(-c3ccc(OC)cc3)sc3c(F)c(OC)ccc23)cc1. The van der Waals surface area contributed by atoms with Gasteiger partial charge in [-0.15, -0.1) is 11.3 Å². The summed E-state index contributed by atoms with van der Waals surface area (Å²) >= 11 is 1.30. The first kappa shape index (κ1) is 22.4. The van der Waals surface area contributed by atoms with Gasteiger partial charge in [0.05, 0.1) is 30.9 Å². The maximum absolute atomic E-state index is 15.0. The van der Waals surface area contributed by atoms with E-state index in [1.54, 1.807) is 37.5 Å². The first-order valence-electron chi connectivity index (χ1n) is 10.0. The summed E-state index contributed by atoms with van der Waals surface area (Å²) in [5.74, 6) is 1.19. The molecule has 0 saturated heterocycles. The Bertz CT molecular complexity index is 1310. The lowest BCUT2D eigenvalue weighted by Gasteiger charge is -2.09. The minimum absolute atomic E-state index is 0.179. The predicted octanol–water partition coefficient (Wildman–Crippen LogP) is 6.70. The molecule has 7 heteroatoms. The van der Waals surface area contributed by atoms with Gasteiger partial charge in [-0.3, -0.25) is 0 Å². The van der Waals surface area contributed by atoms with Crippen LogP contribution in [0.15, 0.2) is 66.7 Å². The second-order valence-electron chi connectivity index (χ2n) is 6.97. The number of methoxy groups -OCH3 is 3. The van der Waals surface area contributed by atoms with E-state index >= 15 is 4.39 Å². The van der Waals surface area contributed by atoms with E-state index in [0.717, 1.165) is 21.8 Å². The quantitative estimate of drug-likeness (QED) is 0.225. The van der Waals surface area contributed by atoms with Gasteiger partial charge < -0.3 is 18.9 Å². The van der Waals surface area contributed by atoms with Gasteiger partial charge in [0.2, 0.25) is 0 Å². The molecule has 0 aliphatic rings. The molecule has 0 aliphatic heterocycles. The third-order valence-electron chi connectivity index (χ3n) is 5.00. The number of thiophene rings is 1. The summed E-state index contributed by atoms with van der Waals surface area (Å²) in [7, 11) is 4.37. The van der Waals surface area contributed by atoms with Crippen LogP contribution in [0.3, 0.4) is 0 Å². The van der Waals surface area contributed by atoms with Gasteiger partial charge in [0, 0.05) is 11.5 Å². The van der Waals surface area contributed by atoms with E-state index in [-0.39, 0.29) is 5.75 Å². The van der Waals surface area contributed by atoms with Crippen LogP contribution in [0.25, 0.3) is 26.6 Å². The van der Waals surface area contributed by atoms with E-state index in [4.69, 9.17) is 14.2 Å². The summed E-state index contributed by atoms with van der Waals surface area (Å²) in [6.07, 6.45) is 3.00. The second kappa shape index (κ2) is 9.75. The van der Waals surface area contributed by atoms with Crippen molar-refractivity contribution in [1.82, 2.24) is 0 Å². The van der Waals surface area contributed by atoms with E-state index < -0.39 is 11.8 Å². The Morgan fingerprint density at radius 3 is 2.21 bits per heavy atom. The molecule has 0 saturated carbocycles. The lowest BCUT2D eigenvalue weighted by atomic mass is 10.1. The minimum Gasteiger partial charge on any atom is -0.497 e. The average Bonchev–Trinajstić information content (AvgIpc) is 3.22. The highest BCUT2D eigenvalue weighted by atomic mass is 32.1. The third-order valence-corrected chi connectivity index (χ3v) is 6.23. The van der Waals surface area contributed by atoms with Crippen LogP contribution in [0, 0.1) is 5.82 Å². The van der Waals surface area contributed by atoms with Crippen molar-refractivity contribution in [1.29, 1.82) is 0 Å². The zero-order valence-corrected chi connectivity index (χ0v) is 19.1. The Labute approximate surface area is 194 Å². The maximum Gasteiger partial charge on any atom is 0.330 e. The molecule has 0 bridgehead atoms. The van der Waals surface area contributed by atoms with Gasteiger partial charge >= 0.3 is 5.97 Å². The fourth-order valence-electron chi connectivity index (χ4n) is 3.28. The topological polar surface area (TPSA) is 54.0 Å². The molecular formula is C26H21FO5S. The van der Waals surface area contributed by atoms with Crippen LogP contribution in [-0.4, -0.2) is 27.3 Å². The number of carbonyl (C=O) groups is 1. The fourth-order valence-corrected chi connectivity index (χ4v) is 4.44. The molecule has 168 valence electrons. The molecule has 4 aromatic rings. The van der Waals surface area contributed by atoms with Crippen molar-refractivity contribution >= 4 is 33.5 Å². The molecule has 0 aliphatic carbocycles. The number of hydrogen-bond acceptors (Lipinski definition) is 6. The molecule has 0 N–H and O–H groups in total. The number of benzene rings is 3.